The van der Waals surface area contributed by atoms with E-state index in [9.17, 15) is 10.1 Å². The van der Waals surface area contributed by atoms with Gasteiger partial charge in [-0.15, -0.1) is 0 Å². The zero-order chi connectivity index (χ0) is 16.0. The second-order valence-corrected chi connectivity index (χ2v) is 5.16. The summed E-state index contributed by atoms with van der Waals surface area (Å²) in [5.74, 6) is 0.859. The summed E-state index contributed by atoms with van der Waals surface area (Å²) in [6, 6.07) is 14.0. The number of nitrogens with zero attached hydrogens (tertiary/aromatic N) is 4. The molecule has 2 heterocycles. The summed E-state index contributed by atoms with van der Waals surface area (Å²) in [5.41, 5.74) is 8.43. The van der Waals surface area contributed by atoms with Gasteiger partial charge < -0.3 is 5.73 Å². The Morgan fingerprint density at radius 1 is 1.17 bits per heavy atom. The maximum Gasteiger partial charge on any atom is 0.269 e. The fraction of sp³-hybridized carbons (Fsp3) is 0.0667. The summed E-state index contributed by atoms with van der Waals surface area (Å²) in [7, 11) is 0. The number of hydrogen-bond acceptors (Lipinski definition) is 6. The first-order valence-corrected chi connectivity index (χ1v) is 6.95. The van der Waals surface area contributed by atoms with Crippen molar-refractivity contribution in [2.45, 2.75) is 6.17 Å². The number of nitrogens with one attached hydrogen (secondary N) is 1. The van der Waals surface area contributed by atoms with Gasteiger partial charge in [-0.25, -0.2) is 9.98 Å². The van der Waals surface area contributed by atoms with Crippen molar-refractivity contribution in [1.82, 2.24) is 9.55 Å². The average molecular weight is 308 g/mol. The number of aromatic nitrogens is 2. The topological polar surface area (TPSA) is 111 Å². The monoisotopic (exact) mass is 308 g/mol. The van der Waals surface area contributed by atoms with E-state index in [1.54, 1.807) is 12.1 Å². The van der Waals surface area contributed by atoms with Crippen LogP contribution in [0.1, 0.15) is 11.7 Å². The third kappa shape index (κ3) is 2.08. The van der Waals surface area contributed by atoms with Crippen LogP contribution >= 0.6 is 0 Å². The van der Waals surface area contributed by atoms with Gasteiger partial charge in [-0.3, -0.25) is 20.0 Å². The Morgan fingerprint density at radius 2 is 1.91 bits per heavy atom. The minimum atomic E-state index is -0.429. The Balaban J connectivity index is 1.88. The van der Waals surface area contributed by atoms with Crippen LogP contribution in [0.25, 0.3) is 11.0 Å². The lowest BCUT2D eigenvalue weighted by Crippen LogP contribution is -2.31. The Labute approximate surface area is 130 Å². The molecule has 2 aromatic carbocycles. The number of para-hydroxylation sites is 2. The SMILES string of the molecule is NC1=N[C@@H](c2ccc([N+](=O)[O-])cc2)n2c(nc3ccccc32)N1. The van der Waals surface area contributed by atoms with Crippen LogP contribution in [0.3, 0.4) is 0 Å². The van der Waals surface area contributed by atoms with E-state index in [0.29, 0.717) is 5.95 Å². The number of anilines is 1. The van der Waals surface area contributed by atoms with Gasteiger partial charge in [-0.05, 0) is 29.8 Å². The predicted molar refractivity (Wildman–Crippen MR) is 86.2 cm³/mol. The van der Waals surface area contributed by atoms with Gasteiger partial charge >= 0.3 is 0 Å². The highest BCUT2D eigenvalue weighted by molar-refractivity contribution is 5.94. The molecule has 23 heavy (non-hydrogen) atoms. The summed E-state index contributed by atoms with van der Waals surface area (Å²) in [6.45, 7) is 0. The lowest BCUT2D eigenvalue weighted by atomic mass is 10.1. The number of fused-ring (bicyclic) bond motifs is 3. The van der Waals surface area contributed by atoms with Gasteiger partial charge in [0.05, 0.1) is 16.0 Å². The molecular weight excluding hydrogens is 296 g/mol. The van der Waals surface area contributed by atoms with Crippen molar-refractivity contribution >= 4 is 28.6 Å². The highest BCUT2D eigenvalue weighted by atomic mass is 16.6. The van der Waals surface area contributed by atoms with Gasteiger partial charge in [0.15, 0.2) is 12.1 Å². The number of nitro groups is 1. The summed E-state index contributed by atoms with van der Waals surface area (Å²) in [6.07, 6.45) is -0.417. The third-order valence-electron chi connectivity index (χ3n) is 3.74. The fourth-order valence-electron chi connectivity index (χ4n) is 2.71. The Bertz CT molecular complexity index is 944. The van der Waals surface area contributed by atoms with Crippen molar-refractivity contribution < 1.29 is 4.92 Å². The van der Waals surface area contributed by atoms with Crippen LogP contribution in [0.15, 0.2) is 53.5 Å². The highest BCUT2D eigenvalue weighted by Gasteiger charge is 2.25. The molecule has 0 radical (unpaired) electrons. The van der Waals surface area contributed by atoms with Crippen molar-refractivity contribution in [3.63, 3.8) is 0 Å². The van der Waals surface area contributed by atoms with Crippen LogP contribution in [-0.2, 0) is 0 Å². The summed E-state index contributed by atoms with van der Waals surface area (Å²) >= 11 is 0. The van der Waals surface area contributed by atoms with Crippen molar-refractivity contribution in [2.75, 3.05) is 5.32 Å². The molecule has 0 saturated carbocycles. The van der Waals surface area contributed by atoms with Crippen molar-refractivity contribution in [3.05, 3.63) is 64.2 Å². The smallest absolute Gasteiger partial charge is 0.269 e. The molecule has 114 valence electrons. The molecule has 8 nitrogen and oxygen atoms in total. The maximum absolute atomic E-state index is 10.8. The molecule has 4 rings (SSSR count). The fourth-order valence-corrected chi connectivity index (χ4v) is 2.71. The van der Waals surface area contributed by atoms with E-state index in [1.165, 1.54) is 12.1 Å². The predicted octanol–water partition coefficient (Wildman–Crippen LogP) is 2.23. The number of rotatable bonds is 2. The van der Waals surface area contributed by atoms with E-state index in [-0.39, 0.29) is 11.6 Å². The van der Waals surface area contributed by atoms with Crippen LogP contribution in [0.2, 0.25) is 0 Å². The Hall–Kier alpha value is -3.42. The molecule has 3 aromatic rings. The number of non-ortho nitro benzene ring substituents is 1. The van der Waals surface area contributed by atoms with E-state index in [0.717, 1.165) is 16.6 Å². The first-order chi connectivity index (χ1) is 11.1. The standard InChI is InChI=1S/C15H12N6O2/c16-14-18-13(9-5-7-10(8-6-9)21(22)23)20-12-4-2-1-3-11(12)17-15(20)19-14/h1-8,13H,(H3,16,17,18,19)/t13-/m1/s1. The lowest BCUT2D eigenvalue weighted by Gasteiger charge is -2.23. The molecule has 1 aliphatic rings. The molecule has 0 unspecified atom stereocenters. The number of nitrogens with two attached hydrogens (primary N) is 1. The third-order valence-corrected chi connectivity index (χ3v) is 3.74. The Kier molecular flexibility index (Phi) is 2.77. The van der Waals surface area contributed by atoms with E-state index >= 15 is 0 Å². The summed E-state index contributed by atoms with van der Waals surface area (Å²) < 4.78 is 1.92. The number of benzene rings is 2. The normalized spacial score (nSPS) is 16.5. The quantitative estimate of drug-likeness (QED) is 0.557. The Morgan fingerprint density at radius 3 is 2.65 bits per heavy atom. The molecule has 3 N–H and O–H groups in total. The largest absolute Gasteiger partial charge is 0.370 e. The van der Waals surface area contributed by atoms with Gasteiger partial charge in [0.25, 0.3) is 5.69 Å². The first-order valence-electron chi connectivity index (χ1n) is 6.95. The van der Waals surface area contributed by atoms with Crippen LogP contribution in [0.5, 0.6) is 0 Å². The summed E-state index contributed by atoms with van der Waals surface area (Å²) in [5, 5.41) is 13.8. The molecule has 0 aliphatic carbocycles. The van der Waals surface area contributed by atoms with Crippen molar-refractivity contribution in [3.8, 4) is 0 Å². The van der Waals surface area contributed by atoms with Gasteiger partial charge in [0.2, 0.25) is 5.95 Å². The van der Waals surface area contributed by atoms with Gasteiger partial charge in [-0.1, -0.05) is 12.1 Å². The molecule has 1 aromatic heterocycles. The molecule has 0 bridgehead atoms. The first kappa shape index (κ1) is 13.3. The van der Waals surface area contributed by atoms with Crippen molar-refractivity contribution in [1.29, 1.82) is 0 Å². The van der Waals surface area contributed by atoms with Gasteiger partial charge in [0, 0.05) is 12.1 Å². The molecule has 1 aliphatic heterocycles. The van der Waals surface area contributed by atoms with E-state index < -0.39 is 11.1 Å². The highest BCUT2D eigenvalue weighted by Crippen LogP contribution is 2.32. The second-order valence-electron chi connectivity index (χ2n) is 5.16. The van der Waals surface area contributed by atoms with Crippen LogP contribution < -0.4 is 11.1 Å². The van der Waals surface area contributed by atoms with E-state index in [1.807, 2.05) is 28.8 Å². The minimum Gasteiger partial charge on any atom is -0.370 e. The van der Waals surface area contributed by atoms with Crippen LogP contribution in [-0.4, -0.2) is 20.4 Å². The molecule has 0 amide bonds. The maximum atomic E-state index is 10.8. The molecule has 0 saturated heterocycles. The van der Waals surface area contributed by atoms with E-state index in [2.05, 4.69) is 15.3 Å². The molecular formula is C15H12N6O2. The average Bonchev–Trinajstić information content (AvgIpc) is 2.92. The van der Waals surface area contributed by atoms with Gasteiger partial charge in [0.1, 0.15) is 0 Å². The molecule has 0 fully saturated rings. The number of imidazole rings is 1. The second kappa shape index (κ2) is 4.80. The number of aliphatic imine (C=N–C) groups is 1. The minimum absolute atomic E-state index is 0.0374. The zero-order valence-electron chi connectivity index (χ0n) is 11.9. The molecule has 1 atom stereocenters. The summed E-state index contributed by atoms with van der Waals surface area (Å²) in [4.78, 5) is 19.3. The van der Waals surface area contributed by atoms with Crippen LogP contribution in [0.4, 0.5) is 11.6 Å². The van der Waals surface area contributed by atoms with Gasteiger partial charge in [-0.2, -0.15) is 0 Å². The van der Waals surface area contributed by atoms with E-state index in [4.69, 9.17) is 5.73 Å². The number of nitro benzene ring substituents is 1. The lowest BCUT2D eigenvalue weighted by molar-refractivity contribution is -0.384. The molecule has 8 heteroatoms. The number of hydrogen-bond donors (Lipinski definition) is 2. The molecule has 0 spiro atoms. The zero-order valence-corrected chi connectivity index (χ0v) is 11.9. The van der Waals surface area contributed by atoms with Crippen LogP contribution in [0, 0.1) is 10.1 Å². The van der Waals surface area contributed by atoms with Crippen molar-refractivity contribution in [2.24, 2.45) is 10.7 Å². The number of guanidine groups is 1.